The Balaban J connectivity index is 1.42. The molecule has 1 fully saturated rings. The Labute approximate surface area is 171 Å². The van der Waals surface area contributed by atoms with Gasteiger partial charge >= 0.3 is 6.03 Å². The Morgan fingerprint density at radius 1 is 1.00 bits per heavy atom. The zero-order valence-corrected chi connectivity index (χ0v) is 16.6. The lowest BCUT2D eigenvalue weighted by Crippen LogP contribution is -2.44. The molecule has 3 rings (SSSR count). The van der Waals surface area contributed by atoms with Gasteiger partial charge in [-0.05, 0) is 54.4 Å². The van der Waals surface area contributed by atoms with Crippen LogP contribution in [0.3, 0.4) is 0 Å². The highest BCUT2D eigenvalue weighted by Crippen LogP contribution is 2.23. The standard InChI is InChI=1S/C23H29N3O3/c27-22(25-29)11-5-6-18-12-14-26(15-13-18)23(28)24-17-19-7-4-10-21(16-19)20-8-2-1-3-9-20/h1-4,7-10,16,18,29H,5-6,11-15,17H2,(H,24,28)(H,25,27). The summed E-state index contributed by atoms with van der Waals surface area (Å²) >= 11 is 0. The smallest absolute Gasteiger partial charge is 0.317 e. The summed E-state index contributed by atoms with van der Waals surface area (Å²) in [5, 5.41) is 11.6. The molecule has 1 aliphatic rings. The molecule has 6 heteroatoms. The van der Waals surface area contributed by atoms with E-state index in [0.717, 1.165) is 49.9 Å². The van der Waals surface area contributed by atoms with Crippen LogP contribution in [-0.2, 0) is 11.3 Å². The van der Waals surface area contributed by atoms with E-state index in [2.05, 4.69) is 29.6 Å². The lowest BCUT2D eigenvalue weighted by atomic mass is 9.91. The number of amides is 3. The molecule has 0 radical (unpaired) electrons. The third-order valence-electron chi connectivity index (χ3n) is 5.52. The Kier molecular flexibility index (Phi) is 7.64. The highest BCUT2D eigenvalue weighted by molar-refractivity contribution is 5.75. The third-order valence-corrected chi connectivity index (χ3v) is 5.52. The molecule has 0 bridgehead atoms. The number of nitrogens with one attached hydrogen (secondary N) is 2. The van der Waals surface area contributed by atoms with Crippen molar-refractivity contribution in [3.05, 3.63) is 60.2 Å². The van der Waals surface area contributed by atoms with E-state index in [1.807, 2.05) is 35.2 Å². The van der Waals surface area contributed by atoms with Gasteiger partial charge in [-0.2, -0.15) is 0 Å². The molecule has 0 aliphatic carbocycles. The van der Waals surface area contributed by atoms with Crippen molar-refractivity contribution < 1.29 is 14.8 Å². The van der Waals surface area contributed by atoms with Crippen molar-refractivity contribution in [2.24, 2.45) is 5.92 Å². The molecule has 6 nitrogen and oxygen atoms in total. The summed E-state index contributed by atoms with van der Waals surface area (Å²) in [6.45, 7) is 2.00. The molecule has 2 aromatic rings. The fourth-order valence-corrected chi connectivity index (χ4v) is 3.81. The van der Waals surface area contributed by atoms with Crippen LogP contribution in [0.15, 0.2) is 54.6 Å². The minimum atomic E-state index is -0.335. The average molecular weight is 396 g/mol. The number of carbonyl (C=O) groups is 2. The van der Waals surface area contributed by atoms with Gasteiger partial charge < -0.3 is 10.2 Å². The van der Waals surface area contributed by atoms with Crippen LogP contribution in [0.5, 0.6) is 0 Å². The summed E-state index contributed by atoms with van der Waals surface area (Å²) in [6.07, 6.45) is 3.98. The predicted octanol–water partition coefficient (Wildman–Crippen LogP) is 3.95. The van der Waals surface area contributed by atoms with E-state index in [4.69, 9.17) is 5.21 Å². The summed E-state index contributed by atoms with van der Waals surface area (Å²) in [7, 11) is 0. The normalized spacial score (nSPS) is 14.4. The molecule has 3 N–H and O–H groups in total. The van der Waals surface area contributed by atoms with Crippen molar-refractivity contribution in [3.8, 4) is 11.1 Å². The highest BCUT2D eigenvalue weighted by Gasteiger charge is 2.22. The van der Waals surface area contributed by atoms with Gasteiger partial charge in [-0.15, -0.1) is 0 Å². The molecule has 0 aromatic heterocycles. The van der Waals surface area contributed by atoms with E-state index >= 15 is 0 Å². The minimum Gasteiger partial charge on any atom is -0.334 e. The second-order valence-electron chi connectivity index (χ2n) is 7.58. The largest absolute Gasteiger partial charge is 0.334 e. The first-order valence-electron chi connectivity index (χ1n) is 10.3. The number of carbonyl (C=O) groups excluding carboxylic acids is 2. The number of nitrogens with zero attached hydrogens (tertiary/aromatic N) is 1. The molecule has 1 saturated heterocycles. The summed E-state index contributed by atoms with van der Waals surface area (Å²) in [4.78, 5) is 25.4. The third kappa shape index (κ3) is 6.32. The zero-order valence-electron chi connectivity index (χ0n) is 16.6. The van der Waals surface area contributed by atoms with Crippen LogP contribution >= 0.6 is 0 Å². The van der Waals surface area contributed by atoms with Crippen molar-refractivity contribution in [1.29, 1.82) is 0 Å². The quantitative estimate of drug-likeness (QED) is 0.490. The number of rotatable bonds is 7. The van der Waals surface area contributed by atoms with Gasteiger partial charge in [0.05, 0.1) is 0 Å². The van der Waals surface area contributed by atoms with Gasteiger partial charge in [0.1, 0.15) is 0 Å². The molecule has 2 aromatic carbocycles. The highest BCUT2D eigenvalue weighted by atomic mass is 16.5. The molecule has 0 atom stereocenters. The molecule has 0 saturated carbocycles. The number of urea groups is 1. The SMILES string of the molecule is O=C(CCCC1CCN(C(=O)NCc2cccc(-c3ccccc3)c2)CC1)NO. The monoisotopic (exact) mass is 395 g/mol. The maximum absolute atomic E-state index is 12.5. The molecular formula is C23H29N3O3. The van der Waals surface area contributed by atoms with Crippen molar-refractivity contribution >= 4 is 11.9 Å². The lowest BCUT2D eigenvalue weighted by Gasteiger charge is -2.32. The van der Waals surface area contributed by atoms with E-state index in [-0.39, 0.29) is 11.9 Å². The van der Waals surface area contributed by atoms with Gasteiger partial charge in [-0.1, -0.05) is 48.5 Å². The minimum absolute atomic E-state index is 0.0202. The zero-order chi connectivity index (χ0) is 20.5. The van der Waals surface area contributed by atoms with E-state index in [9.17, 15) is 9.59 Å². The molecule has 1 heterocycles. The maximum atomic E-state index is 12.5. The molecule has 154 valence electrons. The van der Waals surface area contributed by atoms with Crippen LogP contribution < -0.4 is 10.8 Å². The van der Waals surface area contributed by atoms with Crippen molar-refractivity contribution in [3.63, 3.8) is 0 Å². The molecule has 1 aliphatic heterocycles. The fraction of sp³-hybridized carbons (Fsp3) is 0.391. The number of hydroxylamine groups is 1. The number of likely N-dealkylation sites (tertiary alicyclic amines) is 1. The molecule has 0 spiro atoms. The maximum Gasteiger partial charge on any atom is 0.317 e. The van der Waals surface area contributed by atoms with Crippen LogP contribution in [0.1, 0.15) is 37.7 Å². The Bertz CT molecular complexity index is 802. The van der Waals surface area contributed by atoms with Crippen LogP contribution in [0.25, 0.3) is 11.1 Å². The first kappa shape index (κ1) is 20.9. The second-order valence-corrected chi connectivity index (χ2v) is 7.58. The Morgan fingerprint density at radius 2 is 1.72 bits per heavy atom. The van der Waals surface area contributed by atoms with Crippen LogP contribution in [-0.4, -0.2) is 35.1 Å². The van der Waals surface area contributed by atoms with Gasteiger partial charge in [-0.3, -0.25) is 10.0 Å². The molecular weight excluding hydrogens is 366 g/mol. The summed E-state index contributed by atoms with van der Waals surface area (Å²) < 4.78 is 0. The Morgan fingerprint density at radius 3 is 2.45 bits per heavy atom. The van der Waals surface area contributed by atoms with Gasteiger partial charge in [0, 0.05) is 26.1 Å². The van der Waals surface area contributed by atoms with E-state index in [1.165, 1.54) is 5.56 Å². The van der Waals surface area contributed by atoms with Crippen LogP contribution in [0.4, 0.5) is 4.79 Å². The van der Waals surface area contributed by atoms with Gasteiger partial charge in [-0.25, -0.2) is 10.3 Å². The van der Waals surface area contributed by atoms with Gasteiger partial charge in [0.2, 0.25) is 5.91 Å². The van der Waals surface area contributed by atoms with E-state index in [0.29, 0.717) is 18.9 Å². The van der Waals surface area contributed by atoms with Crippen LogP contribution in [0.2, 0.25) is 0 Å². The van der Waals surface area contributed by atoms with Crippen molar-refractivity contribution in [1.82, 2.24) is 15.7 Å². The number of piperidine rings is 1. The average Bonchev–Trinajstić information content (AvgIpc) is 2.78. The second kappa shape index (κ2) is 10.6. The topological polar surface area (TPSA) is 81.7 Å². The summed E-state index contributed by atoms with van der Waals surface area (Å²) in [5.74, 6) is 0.200. The molecule has 0 unspecified atom stereocenters. The van der Waals surface area contributed by atoms with Crippen LogP contribution in [0, 0.1) is 5.92 Å². The lowest BCUT2D eigenvalue weighted by molar-refractivity contribution is -0.129. The van der Waals surface area contributed by atoms with E-state index < -0.39 is 0 Å². The Hall–Kier alpha value is -2.86. The number of hydrogen-bond acceptors (Lipinski definition) is 3. The number of benzene rings is 2. The van der Waals surface area contributed by atoms with Gasteiger partial charge in [0.25, 0.3) is 0 Å². The number of hydrogen-bond donors (Lipinski definition) is 3. The van der Waals surface area contributed by atoms with Crippen molar-refractivity contribution in [2.75, 3.05) is 13.1 Å². The first-order chi connectivity index (χ1) is 14.2. The van der Waals surface area contributed by atoms with Gasteiger partial charge in [0.15, 0.2) is 0 Å². The first-order valence-corrected chi connectivity index (χ1v) is 10.3. The summed E-state index contributed by atoms with van der Waals surface area (Å²) in [6, 6.07) is 18.4. The molecule has 3 amide bonds. The fourth-order valence-electron chi connectivity index (χ4n) is 3.81. The van der Waals surface area contributed by atoms with E-state index in [1.54, 1.807) is 5.48 Å². The molecule has 29 heavy (non-hydrogen) atoms. The van der Waals surface area contributed by atoms with Crippen molar-refractivity contribution in [2.45, 2.75) is 38.6 Å². The predicted molar refractivity (Wildman–Crippen MR) is 112 cm³/mol. The summed E-state index contributed by atoms with van der Waals surface area (Å²) in [5.41, 5.74) is 5.06.